The van der Waals surface area contributed by atoms with E-state index in [2.05, 4.69) is 16.0 Å². The van der Waals surface area contributed by atoms with Gasteiger partial charge < -0.3 is 20.7 Å². The van der Waals surface area contributed by atoms with Crippen molar-refractivity contribution in [3.8, 4) is 0 Å². The van der Waals surface area contributed by atoms with Crippen LogP contribution in [0, 0.1) is 0 Å². The van der Waals surface area contributed by atoms with Gasteiger partial charge in [-0.2, -0.15) is 0 Å². The summed E-state index contributed by atoms with van der Waals surface area (Å²) in [5, 5.41) is 8.10. The summed E-state index contributed by atoms with van der Waals surface area (Å²) in [6, 6.07) is -0.0532. The Hall–Kier alpha value is -1.30. The molecule has 0 radical (unpaired) electrons. The molecule has 110 valence electrons. The number of hydrogen-bond acceptors (Lipinski definition) is 3. The Bertz CT molecular complexity index is 278. The summed E-state index contributed by atoms with van der Waals surface area (Å²) in [6.07, 6.45) is 5.71. The highest BCUT2D eigenvalue weighted by Gasteiger charge is 2.15. The van der Waals surface area contributed by atoms with Crippen molar-refractivity contribution in [1.29, 1.82) is 0 Å². The monoisotopic (exact) mass is 271 g/mol. The van der Waals surface area contributed by atoms with Gasteiger partial charge in [0.2, 0.25) is 5.91 Å². The fraction of sp³-hybridized carbons (Fsp3) is 0.846. The summed E-state index contributed by atoms with van der Waals surface area (Å²) in [5.74, 6) is -0.119. The first kappa shape index (κ1) is 15.8. The molecule has 1 aliphatic rings. The smallest absolute Gasteiger partial charge is 0.315 e. The molecule has 0 aromatic heterocycles. The van der Waals surface area contributed by atoms with Crippen LogP contribution in [0.4, 0.5) is 4.79 Å². The molecule has 0 aliphatic heterocycles. The van der Waals surface area contributed by atoms with Crippen LogP contribution in [0.5, 0.6) is 0 Å². The summed E-state index contributed by atoms with van der Waals surface area (Å²) in [4.78, 5) is 23.0. The molecule has 1 fully saturated rings. The van der Waals surface area contributed by atoms with Crippen LogP contribution in [0.2, 0.25) is 0 Å². The van der Waals surface area contributed by atoms with Gasteiger partial charge in [-0.1, -0.05) is 19.3 Å². The first-order valence-corrected chi connectivity index (χ1v) is 7.11. The molecule has 0 unspecified atom stereocenters. The largest absolute Gasteiger partial charge is 0.380 e. The van der Waals surface area contributed by atoms with Gasteiger partial charge in [0.05, 0.1) is 13.2 Å². The zero-order valence-corrected chi connectivity index (χ0v) is 11.7. The van der Waals surface area contributed by atoms with Gasteiger partial charge >= 0.3 is 6.03 Å². The van der Waals surface area contributed by atoms with E-state index in [-0.39, 0.29) is 24.5 Å². The second-order valence-corrected chi connectivity index (χ2v) is 4.71. The van der Waals surface area contributed by atoms with Crippen molar-refractivity contribution in [2.24, 2.45) is 0 Å². The number of carbonyl (C=O) groups excluding carboxylic acids is 2. The second-order valence-electron chi connectivity index (χ2n) is 4.71. The SMILES string of the molecule is CCOCCNC(=O)NCC(=O)NC1CCCCC1. The molecule has 0 heterocycles. The number of amides is 3. The Morgan fingerprint density at radius 3 is 2.58 bits per heavy atom. The summed E-state index contributed by atoms with van der Waals surface area (Å²) in [5.41, 5.74) is 0. The van der Waals surface area contributed by atoms with Crippen LogP contribution >= 0.6 is 0 Å². The van der Waals surface area contributed by atoms with Crippen LogP contribution in [0.1, 0.15) is 39.0 Å². The number of urea groups is 1. The van der Waals surface area contributed by atoms with Gasteiger partial charge in [-0.3, -0.25) is 4.79 Å². The van der Waals surface area contributed by atoms with Gasteiger partial charge in [-0.05, 0) is 19.8 Å². The van der Waals surface area contributed by atoms with Gasteiger partial charge in [-0.15, -0.1) is 0 Å². The molecule has 1 aliphatic carbocycles. The van der Waals surface area contributed by atoms with Crippen LogP contribution in [0.25, 0.3) is 0 Å². The lowest BCUT2D eigenvalue weighted by Crippen LogP contribution is -2.45. The Kier molecular flexibility index (Phi) is 7.97. The number of carbonyl (C=O) groups is 2. The van der Waals surface area contributed by atoms with Crippen molar-refractivity contribution in [3.63, 3.8) is 0 Å². The third-order valence-corrected chi connectivity index (χ3v) is 3.12. The zero-order valence-electron chi connectivity index (χ0n) is 11.7. The molecule has 0 spiro atoms. The number of hydrogen-bond donors (Lipinski definition) is 3. The molecule has 0 saturated heterocycles. The highest BCUT2D eigenvalue weighted by molar-refractivity contribution is 5.84. The van der Waals surface area contributed by atoms with Crippen LogP contribution < -0.4 is 16.0 Å². The van der Waals surface area contributed by atoms with E-state index in [4.69, 9.17) is 4.74 Å². The van der Waals surface area contributed by atoms with E-state index >= 15 is 0 Å². The Morgan fingerprint density at radius 1 is 1.16 bits per heavy atom. The van der Waals surface area contributed by atoms with Gasteiger partial charge in [0.1, 0.15) is 0 Å². The maximum Gasteiger partial charge on any atom is 0.315 e. The molecule has 1 rings (SSSR count). The molecule has 6 nitrogen and oxygen atoms in total. The van der Waals surface area contributed by atoms with E-state index in [0.29, 0.717) is 19.8 Å². The summed E-state index contributed by atoms with van der Waals surface area (Å²) >= 11 is 0. The lowest BCUT2D eigenvalue weighted by molar-refractivity contribution is -0.121. The van der Waals surface area contributed by atoms with Crippen LogP contribution in [-0.2, 0) is 9.53 Å². The lowest BCUT2D eigenvalue weighted by atomic mass is 9.95. The minimum atomic E-state index is -0.335. The highest BCUT2D eigenvalue weighted by atomic mass is 16.5. The van der Waals surface area contributed by atoms with Crippen molar-refractivity contribution in [2.45, 2.75) is 45.1 Å². The first-order chi connectivity index (χ1) is 9.22. The first-order valence-electron chi connectivity index (χ1n) is 7.11. The van der Waals surface area contributed by atoms with Gasteiger partial charge in [0, 0.05) is 19.2 Å². The average molecular weight is 271 g/mol. The molecular formula is C13H25N3O3. The molecule has 3 N–H and O–H groups in total. The van der Waals surface area contributed by atoms with Gasteiger partial charge in [0.25, 0.3) is 0 Å². The summed E-state index contributed by atoms with van der Waals surface area (Å²) < 4.78 is 5.09. The molecular weight excluding hydrogens is 246 g/mol. The van der Waals surface area contributed by atoms with E-state index in [1.54, 1.807) is 0 Å². The third kappa shape index (κ3) is 7.66. The quantitative estimate of drug-likeness (QED) is 0.598. The standard InChI is InChI=1S/C13H25N3O3/c1-2-19-9-8-14-13(18)15-10-12(17)16-11-6-4-3-5-7-11/h11H,2-10H2,1H3,(H,16,17)(H2,14,15,18). The topological polar surface area (TPSA) is 79.5 Å². The summed E-state index contributed by atoms with van der Waals surface area (Å²) in [7, 11) is 0. The van der Waals surface area contributed by atoms with Crippen molar-refractivity contribution in [3.05, 3.63) is 0 Å². The normalized spacial score (nSPS) is 15.8. The zero-order chi connectivity index (χ0) is 13.9. The van der Waals surface area contributed by atoms with E-state index in [1.165, 1.54) is 19.3 Å². The molecule has 3 amide bonds. The lowest BCUT2D eigenvalue weighted by Gasteiger charge is -2.22. The molecule has 0 aromatic carbocycles. The van der Waals surface area contributed by atoms with E-state index in [1.807, 2.05) is 6.92 Å². The third-order valence-electron chi connectivity index (χ3n) is 3.12. The van der Waals surface area contributed by atoms with Crippen molar-refractivity contribution < 1.29 is 14.3 Å². The number of nitrogens with one attached hydrogen (secondary N) is 3. The predicted octanol–water partition coefficient (Wildman–Crippen LogP) is 0.771. The Labute approximate surface area is 114 Å². The van der Waals surface area contributed by atoms with Crippen LogP contribution in [0.3, 0.4) is 0 Å². The highest BCUT2D eigenvalue weighted by Crippen LogP contribution is 2.16. The van der Waals surface area contributed by atoms with Crippen molar-refractivity contribution in [1.82, 2.24) is 16.0 Å². The van der Waals surface area contributed by atoms with E-state index in [0.717, 1.165) is 12.8 Å². The van der Waals surface area contributed by atoms with Crippen molar-refractivity contribution >= 4 is 11.9 Å². The predicted molar refractivity (Wildman–Crippen MR) is 72.9 cm³/mol. The summed E-state index contributed by atoms with van der Waals surface area (Å²) in [6.45, 7) is 3.49. The molecule has 1 saturated carbocycles. The maximum absolute atomic E-state index is 11.6. The maximum atomic E-state index is 11.6. The minimum Gasteiger partial charge on any atom is -0.380 e. The number of rotatable bonds is 7. The van der Waals surface area contributed by atoms with Gasteiger partial charge in [0.15, 0.2) is 0 Å². The van der Waals surface area contributed by atoms with Gasteiger partial charge in [-0.25, -0.2) is 4.79 Å². The van der Waals surface area contributed by atoms with Crippen LogP contribution in [0.15, 0.2) is 0 Å². The molecule has 0 bridgehead atoms. The minimum absolute atomic E-state index is 0.0248. The fourth-order valence-electron chi connectivity index (χ4n) is 2.13. The van der Waals surface area contributed by atoms with Crippen LogP contribution in [-0.4, -0.2) is 44.3 Å². The molecule has 0 atom stereocenters. The van der Waals surface area contributed by atoms with Crippen molar-refractivity contribution in [2.75, 3.05) is 26.3 Å². The number of ether oxygens (including phenoxy) is 1. The Balaban J connectivity index is 2.03. The second kappa shape index (κ2) is 9.61. The molecule has 0 aromatic rings. The fourth-order valence-corrected chi connectivity index (χ4v) is 2.13. The van der Waals surface area contributed by atoms with E-state index < -0.39 is 0 Å². The molecule has 6 heteroatoms. The molecule has 19 heavy (non-hydrogen) atoms. The average Bonchev–Trinajstić information content (AvgIpc) is 2.42. The van der Waals surface area contributed by atoms with E-state index in [9.17, 15) is 9.59 Å². The Morgan fingerprint density at radius 2 is 1.89 bits per heavy atom.